The molecule has 0 fully saturated rings. The maximum atomic E-state index is 12.5. The SMILES string of the molecule is Cc1[nH]c2ccccc2c1C(=O)COC(=O)Cc1ccc(Cl)cc1Cl. The van der Waals surface area contributed by atoms with Gasteiger partial charge in [-0.3, -0.25) is 9.59 Å². The monoisotopic (exact) mass is 375 g/mol. The zero-order chi connectivity index (χ0) is 18.0. The van der Waals surface area contributed by atoms with E-state index in [0.29, 0.717) is 21.2 Å². The van der Waals surface area contributed by atoms with Crippen molar-refractivity contribution in [2.75, 3.05) is 6.61 Å². The van der Waals surface area contributed by atoms with Crippen molar-refractivity contribution in [3.05, 3.63) is 69.3 Å². The number of aryl methyl sites for hydroxylation is 1. The van der Waals surface area contributed by atoms with Crippen LogP contribution in [0.25, 0.3) is 10.9 Å². The predicted octanol–water partition coefficient (Wildman–Crippen LogP) is 4.75. The summed E-state index contributed by atoms with van der Waals surface area (Å²) < 4.78 is 5.13. The van der Waals surface area contributed by atoms with Crippen LogP contribution in [-0.4, -0.2) is 23.3 Å². The minimum atomic E-state index is -0.518. The number of nitrogens with one attached hydrogen (secondary N) is 1. The number of esters is 1. The van der Waals surface area contributed by atoms with Crippen LogP contribution in [0.1, 0.15) is 21.6 Å². The molecule has 2 aromatic carbocycles. The molecule has 0 saturated carbocycles. The van der Waals surface area contributed by atoms with Crippen LogP contribution in [0.3, 0.4) is 0 Å². The summed E-state index contributed by atoms with van der Waals surface area (Å²) in [6, 6.07) is 12.4. The van der Waals surface area contributed by atoms with Gasteiger partial charge in [-0.25, -0.2) is 0 Å². The van der Waals surface area contributed by atoms with E-state index in [4.69, 9.17) is 27.9 Å². The Morgan fingerprint density at radius 1 is 1.12 bits per heavy atom. The molecule has 6 heteroatoms. The number of para-hydroxylation sites is 1. The quantitative estimate of drug-likeness (QED) is 0.516. The molecule has 0 aliphatic carbocycles. The number of hydrogen-bond donors (Lipinski definition) is 1. The molecule has 0 bridgehead atoms. The highest BCUT2D eigenvalue weighted by atomic mass is 35.5. The van der Waals surface area contributed by atoms with Crippen molar-refractivity contribution in [1.82, 2.24) is 4.98 Å². The van der Waals surface area contributed by atoms with Crippen molar-refractivity contribution in [3.63, 3.8) is 0 Å². The number of ketones is 1. The van der Waals surface area contributed by atoms with Gasteiger partial charge in [-0.05, 0) is 30.7 Å². The maximum absolute atomic E-state index is 12.5. The largest absolute Gasteiger partial charge is 0.457 e. The van der Waals surface area contributed by atoms with E-state index in [0.717, 1.165) is 16.6 Å². The minimum absolute atomic E-state index is 0.0177. The van der Waals surface area contributed by atoms with Gasteiger partial charge in [0.1, 0.15) is 0 Å². The van der Waals surface area contributed by atoms with Gasteiger partial charge in [0.25, 0.3) is 0 Å². The molecule has 3 aromatic rings. The smallest absolute Gasteiger partial charge is 0.310 e. The van der Waals surface area contributed by atoms with Crippen molar-refractivity contribution in [1.29, 1.82) is 0 Å². The topological polar surface area (TPSA) is 59.2 Å². The summed E-state index contributed by atoms with van der Waals surface area (Å²) >= 11 is 11.9. The zero-order valence-corrected chi connectivity index (χ0v) is 14.9. The molecule has 0 amide bonds. The summed E-state index contributed by atoms with van der Waals surface area (Å²) in [6.07, 6.45) is -0.0177. The Labute approximate surface area is 154 Å². The normalized spacial score (nSPS) is 10.8. The molecule has 1 aromatic heterocycles. The fourth-order valence-electron chi connectivity index (χ4n) is 2.73. The van der Waals surface area contributed by atoms with E-state index in [1.54, 1.807) is 18.2 Å². The second-order valence-electron chi connectivity index (χ2n) is 5.67. The first kappa shape index (κ1) is 17.5. The highest BCUT2D eigenvalue weighted by Crippen LogP contribution is 2.23. The lowest BCUT2D eigenvalue weighted by molar-refractivity contribution is -0.141. The van der Waals surface area contributed by atoms with Crippen LogP contribution in [0.4, 0.5) is 0 Å². The number of Topliss-reactive ketones (excluding diaryl/α,β-unsaturated/α-hetero) is 1. The molecular formula is C19H15Cl2NO3. The van der Waals surface area contributed by atoms with Gasteiger partial charge in [0, 0.05) is 32.2 Å². The molecule has 0 radical (unpaired) electrons. The molecular weight excluding hydrogens is 361 g/mol. The van der Waals surface area contributed by atoms with E-state index >= 15 is 0 Å². The predicted molar refractivity (Wildman–Crippen MR) is 98.5 cm³/mol. The number of H-pyrrole nitrogens is 1. The molecule has 3 rings (SSSR count). The third kappa shape index (κ3) is 3.86. The molecule has 0 spiro atoms. The van der Waals surface area contributed by atoms with E-state index < -0.39 is 5.97 Å². The molecule has 0 unspecified atom stereocenters. The number of hydrogen-bond acceptors (Lipinski definition) is 3. The highest BCUT2D eigenvalue weighted by molar-refractivity contribution is 6.35. The van der Waals surface area contributed by atoms with Crippen molar-refractivity contribution in [3.8, 4) is 0 Å². The van der Waals surface area contributed by atoms with Crippen LogP contribution in [0.15, 0.2) is 42.5 Å². The molecule has 0 saturated heterocycles. The lowest BCUT2D eigenvalue weighted by Crippen LogP contribution is -2.16. The molecule has 0 aliphatic rings. The Hall–Kier alpha value is -2.30. The Morgan fingerprint density at radius 2 is 1.88 bits per heavy atom. The second-order valence-corrected chi connectivity index (χ2v) is 6.51. The fourth-order valence-corrected chi connectivity index (χ4v) is 3.20. The third-order valence-electron chi connectivity index (χ3n) is 3.89. The molecule has 25 heavy (non-hydrogen) atoms. The summed E-state index contributed by atoms with van der Waals surface area (Å²) in [4.78, 5) is 27.6. The van der Waals surface area contributed by atoms with E-state index in [9.17, 15) is 9.59 Å². The van der Waals surface area contributed by atoms with Crippen molar-refractivity contribution in [2.45, 2.75) is 13.3 Å². The number of fused-ring (bicyclic) bond motifs is 1. The van der Waals surface area contributed by atoms with Gasteiger partial charge in [-0.1, -0.05) is 47.5 Å². The molecule has 1 heterocycles. The van der Waals surface area contributed by atoms with Gasteiger partial charge >= 0.3 is 5.97 Å². The van der Waals surface area contributed by atoms with Crippen LogP contribution in [-0.2, 0) is 16.0 Å². The minimum Gasteiger partial charge on any atom is -0.457 e. The summed E-state index contributed by atoms with van der Waals surface area (Å²) in [6.45, 7) is 1.51. The van der Waals surface area contributed by atoms with Gasteiger partial charge in [0.2, 0.25) is 5.78 Å². The van der Waals surface area contributed by atoms with Crippen LogP contribution >= 0.6 is 23.2 Å². The van der Waals surface area contributed by atoms with Gasteiger partial charge < -0.3 is 9.72 Å². The summed E-state index contributed by atoms with van der Waals surface area (Å²) in [7, 11) is 0. The standard InChI is InChI=1S/C19H15Cl2NO3/c1-11-19(14-4-2-3-5-16(14)22-11)17(23)10-25-18(24)8-12-6-7-13(20)9-15(12)21/h2-7,9,22H,8,10H2,1H3. The number of benzene rings is 2. The summed E-state index contributed by atoms with van der Waals surface area (Å²) in [5.74, 6) is -0.763. The fraction of sp³-hybridized carbons (Fsp3) is 0.158. The van der Waals surface area contributed by atoms with Gasteiger partial charge in [0.05, 0.1) is 6.42 Å². The molecule has 0 atom stereocenters. The van der Waals surface area contributed by atoms with Gasteiger partial charge in [-0.15, -0.1) is 0 Å². The number of carbonyl (C=O) groups excluding carboxylic acids is 2. The lowest BCUT2D eigenvalue weighted by Gasteiger charge is -2.06. The average molecular weight is 376 g/mol. The Morgan fingerprint density at radius 3 is 2.64 bits per heavy atom. The van der Waals surface area contributed by atoms with Crippen LogP contribution in [0.5, 0.6) is 0 Å². The van der Waals surface area contributed by atoms with Crippen LogP contribution in [0, 0.1) is 6.92 Å². The first-order valence-electron chi connectivity index (χ1n) is 7.66. The summed E-state index contributed by atoms with van der Waals surface area (Å²) in [5, 5.41) is 1.71. The van der Waals surface area contributed by atoms with Crippen LogP contribution < -0.4 is 0 Å². The number of carbonyl (C=O) groups is 2. The van der Waals surface area contributed by atoms with E-state index in [1.165, 1.54) is 0 Å². The first-order chi connectivity index (χ1) is 12.0. The van der Waals surface area contributed by atoms with Crippen molar-refractivity contribution in [2.24, 2.45) is 0 Å². The number of aromatic amines is 1. The summed E-state index contributed by atoms with van der Waals surface area (Å²) in [5.41, 5.74) is 2.78. The second kappa shape index (κ2) is 7.30. The van der Waals surface area contributed by atoms with Crippen LogP contribution in [0.2, 0.25) is 10.0 Å². The number of ether oxygens (including phenoxy) is 1. The average Bonchev–Trinajstić information content (AvgIpc) is 2.91. The van der Waals surface area contributed by atoms with E-state index in [1.807, 2.05) is 31.2 Å². The first-order valence-corrected chi connectivity index (χ1v) is 8.41. The van der Waals surface area contributed by atoms with Gasteiger partial charge in [0.15, 0.2) is 6.61 Å². The maximum Gasteiger partial charge on any atom is 0.310 e. The Balaban J connectivity index is 1.67. The van der Waals surface area contributed by atoms with Crippen molar-refractivity contribution < 1.29 is 14.3 Å². The third-order valence-corrected chi connectivity index (χ3v) is 4.47. The number of rotatable bonds is 5. The van der Waals surface area contributed by atoms with E-state index in [2.05, 4.69) is 4.98 Å². The highest BCUT2D eigenvalue weighted by Gasteiger charge is 2.18. The lowest BCUT2D eigenvalue weighted by atomic mass is 10.1. The van der Waals surface area contributed by atoms with E-state index in [-0.39, 0.29) is 18.8 Å². The molecule has 128 valence electrons. The van der Waals surface area contributed by atoms with Crippen molar-refractivity contribution >= 4 is 45.9 Å². The Bertz CT molecular complexity index is 962. The van der Waals surface area contributed by atoms with Gasteiger partial charge in [-0.2, -0.15) is 0 Å². The number of halogens is 2. The molecule has 4 nitrogen and oxygen atoms in total. The number of aromatic nitrogens is 1. The zero-order valence-electron chi connectivity index (χ0n) is 13.4. The Kier molecular flexibility index (Phi) is 5.11. The molecule has 1 N–H and O–H groups in total. The molecule has 0 aliphatic heterocycles.